The van der Waals surface area contributed by atoms with E-state index in [-0.39, 0.29) is 70.2 Å². The van der Waals surface area contributed by atoms with Gasteiger partial charge in [-0.3, -0.25) is 14.4 Å². The number of halogens is 5. The quantitative estimate of drug-likeness (QED) is 0.149. The van der Waals surface area contributed by atoms with Crippen LogP contribution in [-0.2, 0) is 11.0 Å². The average molecular weight is 768 g/mol. The zero-order valence-electron chi connectivity index (χ0n) is 29.3. The highest BCUT2D eigenvalue weighted by Crippen LogP contribution is 2.33. The molecule has 1 saturated heterocycles. The molecule has 1 aliphatic rings. The van der Waals surface area contributed by atoms with Crippen LogP contribution in [0, 0.1) is 6.92 Å². The van der Waals surface area contributed by atoms with Crippen molar-refractivity contribution in [1.29, 1.82) is 0 Å². The highest BCUT2D eigenvalue weighted by atomic mass is 35.5. The number of aromatic amines is 1. The van der Waals surface area contributed by atoms with Crippen LogP contribution in [0.3, 0.4) is 0 Å². The molecule has 0 unspecified atom stereocenters. The van der Waals surface area contributed by atoms with Gasteiger partial charge in [0.05, 0.1) is 36.2 Å². The monoisotopic (exact) mass is 766 g/mol. The summed E-state index contributed by atoms with van der Waals surface area (Å²) in [7, 11) is 5.07. The number of rotatable bonds is 12. The summed E-state index contributed by atoms with van der Waals surface area (Å²) in [4.78, 5) is 50.7. The average Bonchev–Trinajstić information content (AvgIpc) is 3.55. The summed E-state index contributed by atoms with van der Waals surface area (Å²) in [5, 5.41) is 2.66. The van der Waals surface area contributed by atoms with Gasteiger partial charge in [0, 0.05) is 45.2 Å². The third kappa shape index (κ3) is 10.1. The van der Waals surface area contributed by atoms with E-state index in [2.05, 4.69) is 27.2 Å². The fraction of sp³-hybridized carbons (Fsp3) is 0.389. The minimum atomic E-state index is -4.70. The lowest BCUT2D eigenvalue weighted by molar-refractivity contribution is -0.144. The number of hydrogen-bond donors (Lipinski definition) is 2. The van der Waals surface area contributed by atoms with Crippen LogP contribution in [0.25, 0.3) is 11.0 Å². The molecule has 52 heavy (non-hydrogen) atoms. The van der Waals surface area contributed by atoms with Crippen molar-refractivity contribution < 1.29 is 37.0 Å². The summed E-state index contributed by atoms with van der Waals surface area (Å²) in [5.74, 6) is -1.35. The highest BCUT2D eigenvalue weighted by Gasteiger charge is 2.35. The molecule has 4 aromatic rings. The third-order valence-corrected chi connectivity index (χ3v) is 8.65. The highest BCUT2D eigenvalue weighted by molar-refractivity contribution is 6.12. The van der Waals surface area contributed by atoms with E-state index in [4.69, 9.17) is 9.47 Å². The zero-order valence-corrected chi connectivity index (χ0v) is 31.0. The second kappa shape index (κ2) is 18.3. The fourth-order valence-electron chi connectivity index (χ4n) is 5.74. The van der Waals surface area contributed by atoms with Gasteiger partial charge in [0.2, 0.25) is 11.7 Å². The van der Waals surface area contributed by atoms with Crippen molar-refractivity contribution in [3.63, 3.8) is 0 Å². The summed E-state index contributed by atoms with van der Waals surface area (Å²) >= 11 is 0. The van der Waals surface area contributed by atoms with E-state index >= 15 is 0 Å². The molecule has 5 rings (SSSR count). The van der Waals surface area contributed by atoms with Gasteiger partial charge in [-0.15, -0.1) is 24.8 Å². The van der Waals surface area contributed by atoms with E-state index in [1.54, 1.807) is 7.05 Å². The van der Waals surface area contributed by atoms with E-state index in [0.717, 1.165) is 51.0 Å². The van der Waals surface area contributed by atoms with Crippen LogP contribution in [0.2, 0.25) is 0 Å². The number of anilines is 2. The predicted octanol–water partition coefficient (Wildman–Crippen LogP) is 6.98. The number of benzene rings is 3. The summed E-state index contributed by atoms with van der Waals surface area (Å²) < 4.78 is 51.3. The van der Waals surface area contributed by atoms with Crippen molar-refractivity contribution in [3.8, 4) is 11.5 Å². The Bertz CT molecular complexity index is 1860. The molecule has 0 atom stereocenters. The Morgan fingerprint density at radius 3 is 2.38 bits per heavy atom. The zero-order chi connectivity index (χ0) is 36.0. The number of fused-ring (bicyclic) bond motifs is 1. The maximum atomic E-state index is 13.6. The number of aromatic nitrogens is 2. The molecule has 0 radical (unpaired) electrons. The van der Waals surface area contributed by atoms with Gasteiger partial charge in [0.1, 0.15) is 17.0 Å². The molecule has 1 aromatic heterocycles. The number of alkyl halides is 3. The van der Waals surface area contributed by atoms with E-state index in [9.17, 15) is 27.6 Å². The molecule has 0 aliphatic carbocycles. The molecule has 11 nitrogen and oxygen atoms in total. The lowest BCUT2D eigenvalue weighted by atomic mass is 10.1. The molecule has 3 amide bonds. The first-order valence-electron chi connectivity index (χ1n) is 16.4. The molecule has 1 aliphatic heterocycles. The fourth-order valence-corrected chi connectivity index (χ4v) is 5.74. The SMILES string of the molecule is COc1cc(C(=O)N(C)c2ccc(C)cc2OCCCCCC(=O)N2CCN(C)CC2)ccc1NC(=O)c1cccc2[nH]c(C(F)(F)F)nc12.Cl.Cl. The number of nitrogens with zero attached hydrogens (tertiary/aromatic N) is 4. The topological polar surface area (TPSA) is 120 Å². The molecule has 0 bridgehead atoms. The first-order valence-corrected chi connectivity index (χ1v) is 16.4. The number of carbonyl (C=O) groups is 3. The van der Waals surface area contributed by atoms with E-state index in [1.165, 1.54) is 48.4 Å². The van der Waals surface area contributed by atoms with Crippen LogP contribution < -0.4 is 19.7 Å². The van der Waals surface area contributed by atoms with Gasteiger partial charge in [-0.25, -0.2) is 4.98 Å². The van der Waals surface area contributed by atoms with Gasteiger partial charge in [0.15, 0.2) is 0 Å². The normalized spacial score (nSPS) is 13.2. The molecule has 2 heterocycles. The third-order valence-electron chi connectivity index (χ3n) is 8.65. The Hall–Kier alpha value is -4.53. The molecule has 0 spiro atoms. The smallest absolute Gasteiger partial charge is 0.449 e. The molecule has 1 fully saturated rings. The molecule has 3 aromatic carbocycles. The number of imidazole rings is 1. The number of unbranched alkanes of at least 4 members (excludes halogenated alkanes) is 2. The number of likely N-dealkylation sites (N-methyl/N-ethyl adjacent to an activating group) is 1. The number of para-hydroxylation sites is 1. The molecule has 2 N–H and O–H groups in total. The Morgan fingerprint density at radius 2 is 1.69 bits per heavy atom. The summed E-state index contributed by atoms with van der Waals surface area (Å²) in [6.07, 6.45) is -1.81. The predicted molar refractivity (Wildman–Crippen MR) is 198 cm³/mol. The van der Waals surface area contributed by atoms with Crippen LogP contribution in [0.5, 0.6) is 11.5 Å². The van der Waals surface area contributed by atoms with Crippen molar-refractivity contribution in [2.45, 2.75) is 38.8 Å². The minimum absolute atomic E-state index is 0. The van der Waals surface area contributed by atoms with Gasteiger partial charge >= 0.3 is 6.18 Å². The van der Waals surface area contributed by atoms with Crippen molar-refractivity contribution in [1.82, 2.24) is 19.8 Å². The Balaban J connectivity index is 0.00000364. The second-order valence-corrected chi connectivity index (χ2v) is 12.3. The maximum Gasteiger partial charge on any atom is 0.449 e. The van der Waals surface area contributed by atoms with E-state index in [1.807, 2.05) is 30.0 Å². The van der Waals surface area contributed by atoms with Crippen molar-refractivity contribution in [3.05, 3.63) is 77.1 Å². The summed E-state index contributed by atoms with van der Waals surface area (Å²) in [6.45, 7) is 5.70. The molecule has 0 saturated carbocycles. The number of hydrogen-bond acceptors (Lipinski definition) is 7. The standard InChI is InChI=1S/C36H41F3N6O5.2ClH/c1-23-12-15-28(30(21-23)50-20-7-5-6-11-31(46)45-18-16-43(2)17-19-45)44(3)34(48)24-13-14-26(29(22-24)49-4)40-33(47)25-9-8-10-27-32(25)42-35(41-27)36(37,38)39;;/h8-10,12-15,21-22H,5-7,11,16-20H2,1-4H3,(H,40,47)(H,41,42);2*1H. The number of amides is 3. The van der Waals surface area contributed by atoms with Crippen molar-refractivity contribution in [2.75, 3.05) is 64.2 Å². The first-order chi connectivity index (χ1) is 23.8. The Kier molecular flexibility index (Phi) is 14.7. The van der Waals surface area contributed by atoms with Crippen molar-refractivity contribution in [2.24, 2.45) is 0 Å². The van der Waals surface area contributed by atoms with Gasteiger partial charge in [-0.1, -0.05) is 12.1 Å². The van der Waals surface area contributed by atoms with Crippen molar-refractivity contribution >= 4 is 64.9 Å². The van der Waals surface area contributed by atoms with Gasteiger partial charge in [-0.05, 0) is 81.3 Å². The number of ether oxygens (including phenoxy) is 2. The van der Waals surface area contributed by atoms with Crippen LogP contribution in [-0.4, -0.2) is 91.5 Å². The van der Waals surface area contributed by atoms with Gasteiger partial charge < -0.3 is 34.5 Å². The van der Waals surface area contributed by atoms with Crippen LogP contribution in [0.15, 0.2) is 54.6 Å². The molecule has 282 valence electrons. The maximum absolute atomic E-state index is 13.6. The van der Waals surface area contributed by atoms with Crippen LogP contribution >= 0.6 is 24.8 Å². The van der Waals surface area contributed by atoms with E-state index < -0.39 is 17.9 Å². The second-order valence-electron chi connectivity index (χ2n) is 12.3. The largest absolute Gasteiger partial charge is 0.495 e. The summed E-state index contributed by atoms with van der Waals surface area (Å²) in [5.41, 5.74) is 1.87. The van der Waals surface area contributed by atoms with Crippen LogP contribution in [0.4, 0.5) is 24.5 Å². The number of carbonyl (C=O) groups excluding carboxylic acids is 3. The lowest BCUT2D eigenvalue weighted by Gasteiger charge is -2.32. The number of methoxy groups -OCH3 is 1. The van der Waals surface area contributed by atoms with Gasteiger partial charge in [0.25, 0.3) is 11.8 Å². The van der Waals surface area contributed by atoms with Crippen LogP contribution in [0.1, 0.15) is 57.8 Å². The lowest BCUT2D eigenvalue weighted by Crippen LogP contribution is -2.47. The number of piperazine rings is 1. The van der Waals surface area contributed by atoms with E-state index in [0.29, 0.717) is 24.5 Å². The Labute approximate surface area is 312 Å². The number of H-pyrrole nitrogens is 1. The Morgan fingerprint density at radius 1 is 0.962 bits per heavy atom. The minimum Gasteiger partial charge on any atom is -0.495 e. The summed E-state index contributed by atoms with van der Waals surface area (Å²) in [6, 6.07) is 14.3. The molecular formula is C36H43Cl2F3N6O5. The van der Waals surface area contributed by atoms with Gasteiger partial charge in [-0.2, -0.15) is 13.2 Å². The molecular weight excluding hydrogens is 724 g/mol. The number of nitrogens with one attached hydrogen (secondary N) is 2. The first kappa shape index (κ1) is 41.9. The number of aryl methyl sites for hydroxylation is 1. The molecule has 16 heteroatoms.